The van der Waals surface area contributed by atoms with E-state index in [0.717, 1.165) is 12.0 Å². The summed E-state index contributed by atoms with van der Waals surface area (Å²) in [6, 6.07) is 5.09. The summed E-state index contributed by atoms with van der Waals surface area (Å²) in [5, 5.41) is 0. The minimum atomic E-state index is -0.339. The predicted octanol–water partition coefficient (Wildman–Crippen LogP) is 4.38. The molecule has 20 heavy (non-hydrogen) atoms. The van der Waals surface area contributed by atoms with E-state index in [1.54, 1.807) is 6.07 Å². The summed E-state index contributed by atoms with van der Waals surface area (Å²) in [5.74, 6) is -0.292. The monoisotopic (exact) mass is 296 g/mol. The SMILES string of the molecule is COC(=O)C(CC1CCCC1)c1ccc(SC)c(F)c1. The maximum atomic E-state index is 13.9. The van der Waals surface area contributed by atoms with E-state index in [1.165, 1.54) is 50.6 Å². The highest BCUT2D eigenvalue weighted by Crippen LogP contribution is 2.35. The number of esters is 1. The van der Waals surface area contributed by atoms with Crippen LogP contribution in [0.25, 0.3) is 0 Å². The minimum Gasteiger partial charge on any atom is -0.469 e. The summed E-state index contributed by atoms with van der Waals surface area (Å²) in [6.45, 7) is 0. The number of carbonyl (C=O) groups is 1. The fourth-order valence-electron chi connectivity index (χ4n) is 2.99. The van der Waals surface area contributed by atoms with Gasteiger partial charge in [-0.25, -0.2) is 4.39 Å². The van der Waals surface area contributed by atoms with Crippen molar-refractivity contribution in [1.29, 1.82) is 0 Å². The van der Waals surface area contributed by atoms with Crippen molar-refractivity contribution in [2.45, 2.75) is 42.9 Å². The average Bonchev–Trinajstić information content (AvgIpc) is 2.97. The second-order valence-electron chi connectivity index (χ2n) is 5.36. The Hall–Kier alpha value is -1.03. The van der Waals surface area contributed by atoms with Crippen LogP contribution in [0.1, 0.15) is 43.6 Å². The fourth-order valence-corrected chi connectivity index (χ4v) is 3.45. The summed E-state index contributed by atoms with van der Waals surface area (Å²) < 4.78 is 18.8. The zero-order valence-electron chi connectivity index (χ0n) is 12.0. The fraction of sp³-hybridized carbons (Fsp3) is 0.562. The predicted molar refractivity (Wildman–Crippen MR) is 79.5 cm³/mol. The molecule has 1 saturated carbocycles. The van der Waals surface area contributed by atoms with E-state index in [2.05, 4.69) is 0 Å². The van der Waals surface area contributed by atoms with Crippen LogP contribution in [0.3, 0.4) is 0 Å². The largest absolute Gasteiger partial charge is 0.469 e. The average molecular weight is 296 g/mol. The van der Waals surface area contributed by atoms with Crippen LogP contribution in [0.2, 0.25) is 0 Å². The van der Waals surface area contributed by atoms with Crippen LogP contribution in [-0.2, 0) is 9.53 Å². The van der Waals surface area contributed by atoms with E-state index in [9.17, 15) is 9.18 Å². The molecule has 0 N–H and O–H groups in total. The molecule has 0 aliphatic heterocycles. The smallest absolute Gasteiger partial charge is 0.313 e. The Kier molecular flexibility index (Phi) is 5.46. The van der Waals surface area contributed by atoms with Crippen molar-refractivity contribution < 1.29 is 13.9 Å². The van der Waals surface area contributed by atoms with Gasteiger partial charge in [-0.2, -0.15) is 0 Å². The Balaban J connectivity index is 2.21. The van der Waals surface area contributed by atoms with Gasteiger partial charge in [0.25, 0.3) is 0 Å². The summed E-state index contributed by atoms with van der Waals surface area (Å²) in [5.41, 5.74) is 0.735. The molecule has 2 nitrogen and oxygen atoms in total. The third-order valence-corrected chi connectivity index (χ3v) is 4.88. The number of thioether (sulfide) groups is 1. The second kappa shape index (κ2) is 7.11. The van der Waals surface area contributed by atoms with Crippen molar-refractivity contribution in [3.05, 3.63) is 29.6 Å². The summed E-state index contributed by atoms with van der Waals surface area (Å²) in [7, 11) is 1.40. The van der Waals surface area contributed by atoms with Gasteiger partial charge in [-0.3, -0.25) is 4.79 Å². The summed E-state index contributed by atoms with van der Waals surface area (Å²) in [4.78, 5) is 12.6. The molecule has 1 unspecified atom stereocenters. The number of hydrogen-bond donors (Lipinski definition) is 0. The van der Waals surface area contributed by atoms with Gasteiger partial charge < -0.3 is 4.74 Å². The number of hydrogen-bond acceptors (Lipinski definition) is 3. The lowest BCUT2D eigenvalue weighted by Gasteiger charge is -2.19. The molecule has 2 rings (SSSR count). The molecule has 1 fully saturated rings. The Morgan fingerprint density at radius 2 is 2.15 bits per heavy atom. The Morgan fingerprint density at radius 3 is 2.70 bits per heavy atom. The van der Waals surface area contributed by atoms with Crippen molar-refractivity contribution in [2.24, 2.45) is 5.92 Å². The third-order valence-electron chi connectivity index (χ3n) is 4.11. The van der Waals surface area contributed by atoms with Gasteiger partial charge in [0.2, 0.25) is 0 Å². The molecule has 1 aliphatic rings. The zero-order chi connectivity index (χ0) is 14.5. The highest BCUT2D eigenvalue weighted by atomic mass is 32.2. The van der Waals surface area contributed by atoms with E-state index in [-0.39, 0.29) is 17.7 Å². The molecule has 1 aromatic rings. The molecular weight excluding hydrogens is 275 g/mol. The molecule has 0 radical (unpaired) electrons. The Labute approximate surface area is 124 Å². The maximum Gasteiger partial charge on any atom is 0.313 e. The van der Waals surface area contributed by atoms with Crippen molar-refractivity contribution in [3.63, 3.8) is 0 Å². The summed E-state index contributed by atoms with van der Waals surface area (Å²) >= 11 is 1.37. The van der Waals surface area contributed by atoms with Crippen molar-refractivity contribution in [3.8, 4) is 0 Å². The molecule has 0 amide bonds. The number of benzene rings is 1. The van der Waals surface area contributed by atoms with Gasteiger partial charge in [0.15, 0.2) is 0 Å². The van der Waals surface area contributed by atoms with Gasteiger partial charge in [0.05, 0.1) is 13.0 Å². The van der Waals surface area contributed by atoms with E-state index < -0.39 is 0 Å². The molecule has 0 bridgehead atoms. The molecule has 0 heterocycles. The molecule has 110 valence electrons. The first-order chi connectivity index (χ1) is 9.65. The maximum absolute atomic E-state index is 13.9. The minimum absolute atomic E-state index is 0.254. The molecule has 0 aromatic heterocycles. The number of halogens is 1. The van der Waals surface area contributed by atoms with Crippen LogP contribution in [-0.4, -0.2) is 19.3 Å². The van der Waals surface area contributed by atoms with E-state index in [4.69, 9.17) is 4.74 Å². The highest BCUT2D eigenvalue weighted by Gasteiger charge is 2.27. The van der Waals surface area contributed by atoms with Crippen LogP contribution in [0, 0.1) is 11.7 Å². The molecule has 1 atom stereocenters. The van der Waals surface area contributed by atoms with Gasteiger partial charge in [0.1, 0.15) is 5.82 Å². The molecule has 0 saturated heterocycles. The van der Waals surface area contributed by atoms with E-state index in [0.29, 0.717) is 10.8 Å². The van der Waals surface area contributed by atoms with Gasteiger partial charge in [0, 0.05) is 4.90 Å². The summed E-state index contributed by atoms with van der Waals surface area (Å²) in [6.07, 6.45) is 7.41. The van der Waals surface area contributed by atoms with Crippen LogP contribution < -0.4 is 0 Å². The first kappa shape index (κ1) is 15.4. The zero-order valence-corrected chi connectivity index (χ0v) is 12.8. The van der Waals surface area contributed by atoms with Crippen molar-refractivity contribution >= 4 is 17.7 Å². The van der Waals surface area contributed by atoms with Gasteiger partial charge in [-0.1, -0.05) is 31.7 Å². The normalized spacial score (nSPS) is 17.1. The van der Waals surface area contributed by atoms with Crippen molar-refractivity contribution in [1.82, 2.24) is 0 Å². The van der Waals surface area contributed by atoms with Crippen molar-refractivity contribution in [2.75, 3.05) is 13.4 Å². The van der Waals surface area contributed by atoms with E-state index in [1.807, 2.05) is 12.3 Å². The number of ether oxygens (including phenoxy) is 1. The van der Waals surface area contributed by atoms with Crippen LogP contribution in [0.5, 0.6) is 0 Å². The standard InChI is InChI=1S/C16H21FO2S/c1-19-16(18)13(9-11-5-3-4-6-11)12-7-8-15(20-2)14(17)10-12/h7-8,10-11,13H,3-6,9H2,1-2H3. The number of carbonyl (C=O) groups excluding carboxylic acids is 1. The lowest BCUT2D eigenvalue weighted by atomic mass is 9.88. The number of methoxy groups -OCH3 is 1. The Morgan fingerprint density at radius 1 is 1.45 bits per heavy atom. The topological polar surface area (TPSA) is 26.3 Å². The molecule has 0 spiro atoms. The van der Waals surface area contributed by atoms with Gasteiger partial charge >= 0.3 is 5.97 Å². The lowest BCUT2D eigenvalue weighted by molar-refractivity contribution is -0.142. The third kappa shape index (κ3) is 3.54. The number of rotatable bonds is 5. The molecule has 1 aromatic carbocycles. The van der Waals surface area contributed by atoms with Gasteiger partial charge in [-0.15, -0.1) is 11.8 Å². The first-order valence-corrected chi connectivity index (χ1v) is 8.29. The Bertz CT molecular complexity index is 470. The van der Waals surface area contributed by atoms with Crippen LogP contribution in [0.15, 0.2) is 23.1 Å². The highest BCUT2D eigenvalue weighted by molar-refractivity contribution is 7.98. The first-order valence-electron chi connectivity index (χ1n) is 7.07. The van der Waals surface area contributed by atoms with Crippen LogP contribution >= 0.6 is 11.8 Å². The van der Waals surface area contributed by atoms with Crippen LogP contribution in [0.4, 0.5) is 4.39 Å². The second-order valence-corrected chi connectivity index (χ2v) is 6.20. The molecule has 4 heteroatoms. The van der Waals surface area contributed by atoms with E-state index >= 15 is 0 Å². The van der Waals surface area contributed by atoms with Gasteiger partial charge in [-0.05, 0) is 36.3 Å². The molecule has 1 aliphatic carbocycles. The quantitative estimate of drug-likeness (QED) is 0.595. The molecular formula is C16H21FO2S. The lowest BCUT2D eigenvalue weighted by Crippen LogP contribution is -2.17.